The van der Waals surface area contributed by atoms with Gasteiger partial charge >= 0.3 is 6.03 Å². The van der Waals surface area contributed by atoms with E-state index in [9.17, 15) is 9.59 Å². The summed E-state index contributed by atoms with van der Waals surface area (Å²) >= 11 is 0. The number of nitrogens with one attached hydrogen (secondary N) is 1. The van der Waals surface area contributed by atoms with Gasteiger partial charge in [0.1, 0.15) is 0 Å². The average Bonchev–Trinajstić information content (AvgIpc) is 3.20. The fourth-order valence-corrected chi connectivity index (χ4v) is 3.82. The van der Waals surface area contributed by atoms with E-state index >= 15 is 0 Å². The first-order valence-electron chi connectivity index (χ1n) is 9.47. The lowest BCUT2D eigenvalue weighted by atomic mass is 9.89. The molecule has 1 unspecified atom stereocenters. The maximum atomic E-state index is 12.6. The molecule has 142 valence electrons. The van der Waals surface area contributed by atoms with E-state index in [1.165, 1.54) is 11.1 Å². The Morgan fingerprint density at radius 1 is 0.966 bits per heavy atom. The Hall–Kier alpha value is -3.80. The maximum absolute atomic E-state index is 12.6. The number of nitrogens with zero attached hydrogens (tertiary/aromatic N) is 3. The molecule has 3 amide bonds. The molecule has 6 heteroatoms. The van der Waals surface area contributed by atoms with Crippen LogP contribution in [-0.2, 0) is 17.9 Å². The number of amides is 3. The number of allylic oxidation sites excluding steroid dienone is 3. The molecule has 1 atom stereocenters. The van der Waals surface area contributed by atoms with Crippen molar-refractivity contribution in [1.82, 2.24) is 4.90 Å². The summed E-state index contributed by atoms with van der Waals surface area (Å²) in [5.74, 6) is -0.622. The van der Waals surface area contributed by atoms with Gasteiger partial charge in [-0.1, -0.05) is 60.7 Å². The van der Waals surface area contributed by atoms with Crippen LogP contribution in [0.3, 0.4) is 0 Å². The Labute approximate surface area is 167 Å². The molecule has 2 aliphatic heterocycles. The SMILES string of the molecule is O=C1N=NC(c2ccc(NC(=O)N3Cc4ccccc4C3)cc2)=C2C=CC=CC12. The van der Waals surface area contributed by atoms with Crippen molar-refractivity contribution < 1.29 is 9.59 Å². The lowest BCUT2D eigenvalue weighted by Crippen LogP contribution is -2.30. The van der Waals surface area contributed by atoms with Crippen LogP contribution < -0.4 is 5.32 Å². The van der Waals surface area contributed by atoms with Gasteiger partial charge in [0, 0.05) is 24.3 Å². The van der Waals surface area contributed by atoms with Gasteiger partial charge in [0.15, 0.2) is 0 Å². The van der Waals surface area contributed by atoms with Crippen LogP contribution in [0.5, 0.6) is 0 Å². The van der Waals surface area contributed by atoms with E-state index in [0.717, 1.165) is 11.1 Å². The van der Waals surface area contributed by atoms with E-state index in [4.69, 9.17) is 0 Å². The van der Waals surface area contributed by atoms with E-state index in [1.54, 1.807) is 4.90 Å². The summed E-state index contributed by atoms with van der Waals surface area (Å²) in [5.41, 5.74) is 5.47. The van der Waals surface area contributed by atoms with E-state index < -0.39 is 0 Å². The van der Waals surface area contributed by atoms with Crippen molar-refractivity contribution in [3.63, 3.8) is 0 Å². The molecule has 1 aliphatic carbocycles. The van der Waals surface area contributed by atoms with Crippen molar-refractivity contribution in [2.45, 2.75) is 13.1 Å². The molecule has 2 aromatic carbocycles. The van der Waals surface area contributed by atoms with Gasteiger partial charge in [0.25, 0.3) is 5.91 Å². The van der Waals surface area contributed by atoms with Gasteiger partial charge in [-0.05, 0) is 28.8 Å². The number of hydrogen-bond donors (Lipinski definition) is 1. The highest BCUT2D eigenvalue weighted by molar-refractivity contribution is 5.92. The summed E-state index contributed by atoms with van der Waals surface area (Å²) in [7, 11) is 0. The van der Waals surface area contributed by atoms with Crippen molar-refractivity contribution in [2.24, 2.45) is 16.1 Å². The quantitative estimate of drug-likeness (QED) is 0.819. The molecule has 0 saturated carbocycles. The topological polar surface area (TPSA) is 74.1 Å². The molecule has 0 bridgehead atoms. The molecule has 0 saturated heterocycles. The molecule has 0 fully saturated rings. The molecule has 3 aliphatic rings. The fourth-order valence-electron chi connectivity index (χ4n) is 3.82. The highest BCUT2D eigenvalue weighted by atomic mass is 16.2. The number of hydrogen-bond acceptors (Lipinski definition) is 3. The van der Waals surface area contributed by atoms with Gasteiger partial charge in [-0.3, -0.25) is 4.79 Å². The highest BCUT2D eigenvalue weighted by Crippen LogP contribution is 2.34. The van der Waals surface area contributed by atoms with Crippen LogP contribution in [0.25, 0.3) is 5.70 Å². The zero-order valence-corrected chi connectivity index (χ0v) is 15.6. The number of azo groups is 1. The number of rotatable bonds is 2. The summed E-state index contributed by atoms with van der Waals surface area (Å²) in [6.45, 7) is 1.23. The molecule has 0 spiro atoms. The summed E-state index contributed by atoms with van der Waals surface area (Å²) in [6, 6.07) is 15.4. The summed E-state index contributed by atoms with van der Waals surface area (Å²) in [4.78, 5) is 26.4. The van der Waals surface area contributed by atoms with Gasteiger partial charge in [-0.25, -0.2) is 4.79 Å². The van der Waals surface area contributed by atoms with Gasteiger partial charge in [0.2, 0.25) is 0 Å². The lowest BCUT2D eigenvalue weighted by Gasteiger charge is -2.20. The maximum Gasteiger partial charge on any atom is 0.322 e. The van der Waals surface area contributed by atoms with E-state index in [0.29, 0.717) is 24.5 Å². The van der Waals surface area contributed by atoms with Crippen molar-refractivity contribution in [3.05, 3.63) is 95.1 Å². The molecular weight excluding hydrogens is 364 g/mol. The fraction of sp³-hybridized carbons (Fsp3) is 0.130. The van der Waals surface area contributed by atoms with E-state index in [2.05, 4.69) is 27.7 Å². The standard InChI is InChI=1S/C23H18N4O2/c28-22-20-8-4-3-7-19(20)21(25-26-22)15-9-11-18(12-10-15)24-23(29)27-13-16-5-1-2-6-17(16)14-27/h1-12,20H,13-14H2,(H,24,29). The van der Waals surface area contributed by atoms with E-state index in [-0.39, 0.29) is 17.9 Å². The predicted octanol–water partition coefficient (Wildman–Crippen LogP) is 4.68. The average molecular weight is 382 g/mol. The zero-order chi connectivity index (χ0) is 19.8. The molecule has 29 heavy (non-hydrogen) atoms. The van der Waals surface area contributed by atoms with Crippen LogP contribution in [0.4, 0.5) is 10.5 Å². The van der Waals surface area contributed by atoms with Gasteiger partial charge in [0.05, 0.1) is 11.6 Å². The Balaban J connectivity index is 1.32. The second kappa shape index (κ2) is 6.98. The lowest BCUT2D eigenvalue weighted by molar-refractivity contribution is -0.119. The Bertz CT molecular complexity index is 1100. The number of benzene rings is 2. The minimum Gasteiger partial charge on any atom is -0.316 e. The number of carbonyl (C=O) groups is 2. The first-order valence-corrected chi connectivity index (χ1v) is 9.47. The third kappa shape index (κ3) is 3.18. The van der Waals surface area contributed by atoms with Gasteiger partial charge in [-0.15, -0.1) is 10.2 Å². The first-order chi connectivity index (χ1) is 14.2. The van der Waals surface area contributed by atoms with Crippen LogP contribution in [0.15, 0.2) is 88.6 Å². The number of urea groups is 1. The smallest absolute Gasteiger partial charge is 0.316 e. The van der Waals surface area contributed by atoms with Crippen LogP contribution in [0.2, 0.25) is 0 Å². The summed E-state index contributed by atoms with van der Waals surface area (Å²) < 4.78 is 0. The van der Waals surface area contributed by atoms with Crippen molar-refractivity contribution in [2.75, 3.05) is 5.32 Å². The molecule has 2 aromatic rings. The van der Waals surface area contributed by atoms with Crippen LogP contribution in [-0.4, -0.2) is 16.8 Å². The number of fused-ring (bicyclic) bond motifs is 2. The Kier molecular flexibility index (Phi) is 4.17. The largest absolute Gasteiger partial charge is 0.322 e. The molecule has 6 nitrogen and oxygen atoms in total. The van der Waals surface area contributed by atoms with Crippen LogP contribution in [0.1, 0.15) is 16.7 Å². The molecule has 0 radical (unpaired) electrons. The normalized spacial score (nSPS) is 19.4. The van der Waals surface area contributed by atoms with Crippen molar-refractivity contribution in [3.8, 4) is 0 Å². The van der Waals surface area contributed by atoms with Crippen molar-refractivity contribution >= 4 is 23.3 Å². The summed E-state index contributed by atoms with van der Waals surface area (Å²) in [6.07, 6.45) is 7.47. The Morgan fingerprint density at radius 2 is 1.69 bits per heavy atom. The molecule has 0 aromatic heterocycles. The third-order valence-electron chi connectivity index (χ3n) is 5.35. The number of carbonyl (C=O) groups excluding carboxylic acids is 2. The number of anilines is 1. The predicted molar refractivity (Wildman–Crippen MR) is 110 cm³/mol. The minimum absolute atomic E-state index is 0.126. The highest BCUT2D eigenvalue weighted by Gasteiger charge is 2.28. The van der Waals surface area contributed by atoms with Crippen LogP contribution >= 0.6 is 0 Å². The second-order valence-electron chi connectivity index (χ2n) is 7.20. The first kappa shape index (κ1) is 17.3. The van der Waals surface area contributed by atoms with Crippen LogP contribution in [0, 0.1) is 5.92 Å². The minimum atomic E-state index is -0.372. The second-order valence-corrected chi connectivity index (χ2v) is 7.20. The van der Waals surface area contributed by atoms with Gasteiger partial charge in [-0.2, -0.15) is 0 Å². The van der Waals surface area contributed by atoms with Crippen molar-refractivity contribution in [1.29, 1.82) is 0 Å². The molecule has 1 N–H and O–H groups in total. The monoisotopic (exact) mass is 382 g/mol. The molecule has 2 heterocycles. The third-order valence-corrected chi connectivity index (χ3v) is 5.35. The molecular formula is C23H18N4O2. The van der Waals surface area contributed by atoms with E-state index in [1.807, 2.05) is 60.7 Å². The molecule has 5 rings (SSSR count). The summed E-state index contributed by atoms with van der Waals surface area (Å²) in [5, 5.41) is 10.8. The zero-order valence-electron chi connectivity index (χ0n) is 15.6. The Morgan fingerprint density at radius 3 is 2.41 bits per heavy atom. The van der Waals surface area contributed by atoms with Gasteiger partial charge < -0.3 is 10.2 Å².